The van der Waals surface area contributed by atoms with Crippen molar-refractivity contribution in [3.63, 3.8) is 0 Å². The third kappa shape index (κ3) is 3.88. The van der Waals surface area contributed by atoms with E-state index in [9.17, 15) is 9.59 Å². The van der Waals surface area contributed by atoms with Crippen LogP contribution in [0.3, 0.4) is 0 Å². The lowest BCUT2D eigenvalue weighted by Gasteiger charge is -2.26. The average Bonchev–Trinajstić information content (AvgIpc) is 2.38. The molecule has 1 amide bonds. The molecule has 1 rings (SSSR count). The van der Waals surface area contributed by atoms with Crippen LogP contribution >= 0.6 is 0 Å². The molecule has 0 radical (unpaired) electrons. The topological polar surface area (TPSA) is 92.9 Å². The number of nitrogens with zero attached hydrogens (tertiary/aromatic N) is 1. The van der Waals surface area contributed by atoms with Gasteiger partial charge in [-0.2, -0.15) is 0 Å². The predicted molar refractivity (Wildman–Crippen MR) is 75.8 cm³/mol. The fourth-order valence-electron chi connectivity index (χ4n) is 1.81. The van der Waals surface area contributed by atoms with Crippen LogP contribution in [0.2, 0.25) is 0 Å². The fraction of sp³-hybridized carbons (Fsp3) is 0.429. The van der Waals surface area contributed by atoms with Crippen molar-refractivity contribution in [2.24, 2.45) is 0 Å². The smallest absolute Gasteiger partial charge is 0.305 e. The molecule has 3 N–H and O–H groups in total. The van der Waals surface area contributed by atoms with Crippen molar-refractivity contribution in [3.8, 4) is 5.75 Å². The van der Waals surface area contributed by atoms with Gasteiger partial charge in [0.15, 0.2) is 0 Å². The van der Waals surface area contributed by atoms with E-state index in [1.807, 2.05) is 13.8 Å². The van der Waals surface area contributed by atoms with Crippen LogP contribution in [0.1, 0.15) is 30.6 Å². The molecule has 6 nitrogen and oxygen atoms in total. The number of amides is 1. The minimum absolute atomic E-state index is 0.103. The van der Waals surface area contributed by atoms with E-state index in [1.54, 1.807) is 18.2 Å². The van der Waals surface area contributed by atoms with Crippen molar-refractivity contribution in [1.29, 1.82) is 0 Å². The molecule has 0 aliphatic carbocycles. The van der Waals surface area contributed by atoms with Crippen LogP contribution in [-0.4, -0.2) is 41.6 Å². The molecule has 0 unspecified atom stereocenters. The van der Waals surface area contributed by atoms with Gasteiger partial charge in [-0.05, 0) is 32.0 Å². The Morgan fingerprint density at radius 1 is 1.40 bits per heavy atom. The van der Waals surface area contributed by atoms with Crippen LogP contribution in [0, 0.1) is 0 Å². The lowest BCUT2D eigenvalue weighted by Crippen LogP contribution is -2.38. The van der Waals surface area contributed by atoms with Gasteiger partial charge in [0, 0.05) is 18.3 Å². The summed E-state index contributed by atoms with van der Waals surface area (Å²) in [4.78, 5) is 24.6. The second-order valence-electron chi connectivity index (χ2n) is 4.69. The maximum atomic E-state index is 12.5. The quantitative estimate of drug-likeness (QED) is 0.772. The second kappa shape index (κ2) is 6.79. The molecule has 6 heteroatoms. The van der Waals surface area contributed by atoms with E-state index in [-0.39, 0.29) is 24.9 Å². The first-order valence-corrected chi connectivity index (χ1v) is 6.33. The van der Waals surface area contributed by atoms with E-state index in [0.717, 1.165) is 0 Å². The van der Waals surface area contributed by atoms with E-state index >= 15 is 0 Å². The molecule has 0 spiro atoms. The Kier molecular flexibility index (Phi) is 5.37. The molecule has 110 valence electrons. The molecule has 0 aromatic heterocycles. The Morgan fingerprint density at radius 3 is 2.55 bits per heavy atom. The number of benzene rings is 1. The molecule has 0 aliphatic rings. The van der Waals surface area contributed by atoms with E-state index in [1.165, 1.54) is 12.0 Å². The molecule has 1 aromatic carbocycles. The van der Waals surface area contributed by atoms with Gasteiger partial charge in [0.25, 0.3) is 5.91 Å². The van der Waals surface area contributed by atoms with E-state index in [2.05, 4.69) is 0 Å². The molecule has 0 saturated heterocycles. The standard InChI is InChI=1S/C14H20N2O4/c1-9(2)16(7-6-13(17)18)14(19)11-8-10(20-3)4-5-12(11)15/h4-5,8-9H,6-7,15H2,1-3H3,(H,17,18). The Balaban J connectivity index is 3.02. The van der Waals surface area contributed by atoms with Gasteiger partial charge in [0.05, 0.1) is 19.1 Å². The SMILES string of the molecule is COc1ccc(N)c(C(=O)N(CCC(=O)O)C(C)C)c1. The van der Waals surface area contributed by atoms with Crippen molar-refractivity contribution >= 4 is 17.6 Å². The normalized spacial score (nSPS) is 10.4. The first-order valence-electron chi connectivity index (χ1n) is 6.33. The van der Waals surface area contributed by atoms with Gasteiger partial charge in [-0.15, -0.1) is 0 Å². The predicted octanol–water partition coefficient (Wildman–Crippen LogP) is 1.60. The van der Waals surface area contributed by atoms with Crippen molar-refractivity contribution in [2.45, 2.75) is 26.3 Å². The number of ether oxygens (including phenoxy) is 1. The summed E-state index contributed by atoms with van der Waals surface area (Å²) in [6.45, 7) is 3.80. The summed E-state index contributed by atoms with van der Waals surface area (Å²) < 4.78 is 5.08. The fourth-order valence-corrected chi connectivity index (χ4v) is 1.81. The monoisotopic (exact) mass is 280 g/mol. The maximum Gasteiger partial charge on any atom is 0.305 e. The Labute approximate surface area is 118 Å². The third-order valence-electron chi connectivity index (χ3n) is 2.94. The molecule has 0 heterocycles. The van der Waals surface area contributed by atoms with Crippen molar-refractivity contribution in [1.82, 2.24) is 4.90 Å². The van der Waals surface area contributed by atoms with Crippen LogP contribution < -0.4 is 10.5 Å². The van der Waals surface area contributed by atoms with Gasteiger partial charge in [-0.1, -0.05) is 0 Å². The number of nitrogen functional groups attached to an aromatic ring is 1. The molecule has 0 bridgehead atoms. The van der Waals surface area contributed by atoms with Crippen molar-refractivity contribution in [3.05, 3.63) is 23.8 Å². The zero-order valence-electron chi connectivity index (χ0n) is 11.9. The highest BCUT2D eigenvalue weighted by molar-refractivity contribution is 5.99. The second-order valence-corrected chi connectivity index (χ2v) is 4.69. The number of rotatable bonds is 6. The first-order chi connectivity index (χ1) is 9.36. The Morgan fingerprint density at radius 2 is 2.05 bits per heavy atom. The van der Waals surface area contributed by atoms with Crippen molar-refractivity contribution in [2.75, 3.05) is 19.4 Å². The Hall–Kier alpha value is -2.24. The zero-order valence-corrected chi connectivity index (χ0v) is 11.9. The number of aliphatic carboxylic acids is 1. The van der Waals surface area contributed by atoms with E-state index in [4.69, 9.17) is 15.6 Å². The third-order valence-corrected chi connectivity index (χ3v) is 2.94. The van der Waals surface area contributed by atoms with Gasteiger partial charge < -0.3 is 20.5 Å². The zero-order chi connectivity index (χ0) is 15.3. The summed E-state index contributed by atoms with van der Waals surface area (Å²) in [6, 6.07) is 4.71. The lowest BCUT2D eigenvalue weighted by molar-refractivity contribution is -0.137. The number of carboxylic acid groups (broad SMARTS) is 1. The van der Waals surface area contributed by atoms with Gasteiger partial charge in [-0.3, -0.25) is 9.59 Å². The summed E-state index contributed by atoms with van der Waals surface area (Å²) in [5, 5.41) is 8.75. The number of methoxy groups -OCH3 is 1. The van der Waals surface area contributed by atoms with E-state index in [0.29, 0.717) is 17.0 Å². The average molecular weight is 280 g/mol. The molecule has 20 heavy (non-hydrogen) atoms. The summed E-state index contributed by atoms with van der Waals surface area (Å²) in [5.41, 5.74) is 6.49. The minimum Gasteiger partial charge on any atom is -0.497 e. The highest BCUT2D eigenvalue weighted by Gasteiger charge is 2.21. The highest BCUT2D eigenvalue weighted by atomic mass is 16.5. The van der Waals surface area contributed by atoms with Crippen LogP contribution in [0.15, 0.2) is 18.2 Å². The van der Waals surface area contributed by atoms with Crippen LogP contribution in [0.4, 0.5) is 5.69 Å². The number of carbonyl (C=O) groups excluding carboxylic acids is 1. The lowest BCUT2D eigenvalue weighted by atomic mass is 10.1. The number of hydrogen-bond donors (Lipinski definition) is 2. The number of nitrogens with two attached hydrogens (primary N) is 1. The Bertz CT molecular complexity index is 500. The number of hydrogen-bond acceptors (Lipinski definition) is 4. The van der Waals surface area contributed by atoms with Gasteiger partial charge in [0.1, 0.15) is 5.75 Å². The molecule has 0 fully saturated rings. The van der Waals surface area contributed by atoms with Crippen LogP contribution in [0.5, 0.6) is 5.75 Å². The number of anilines is 1. The van der Waals surface area contributed by atoms with Crippen molar-refractivity contribution < 1.29 is 19.4 Å². The first kappa shape index (κ1) is 15.8. The highest BCUT2D eigenvalue weighted by Crippen LogP contribution is 2.22. The molecule has 0 atom stereocenters. The molecule has 0 aliphatic heterocycles. The van der Waals surface area contributed by atoms with Gasteiger partial charge in [0.2, 0.25) is 0 Å². The number of carbonyl (C=O) groups is 2. The molecular formula is C14H20N2O4. The largest absolute Gasteiger partial charge is 0.497 e. The maximum absolute atomic E-state index is 12.5. The molecule has 1 aromatic rings. The molecular weight excluding hydrogens is 260 g/mol. The van der Waals surface area contributed by atoms with Gasteiger partial charge >= 0.3 is 5.97 Å². The summed E-state index contributed by atoms with van der Waals surface area (Å²) in [5.74, 6) is -0.704. The van der Waals surface area contributed by atoms with Crippen LogP contribution in [-0.2, 0) is 4.79 Å². The minimum atomic E-state index is -0.943. The summed E-state index contributed by atoms with van der Waals surface area (Å²) in [7, 11) is 1.50. The van der Waals surface area contributed by atoms with Gasteiger partial charge in [-0.25, -0.2) is 0 Å². The molecule has 0 saturated carbocycles. The van der Waals surface area contributed by atoms with Crippen LogP contribution in [0.25, 0.3) is 0 Å². The number of carboxylic acids is 1. The summed E-state index contributed by atoms with van der Waals surface area (Å²) in [6.07, 6.45) is -0.103. The van der Waals surface area contributed by atoms with E-state index < -0.39 is 5.97 Å². The summed E-state index contributed by atoms with van der Waals surface area (Å²) >= 11 is 0.